The van der Waals surface area contributed by atoms with Gasteiger partial charge in [0, 0.05) is 12.6 Å². The van der Waals surface area contributed by atoms with Gasteiger partial charge in [0.2, 0.25) is 0 Å². The van der Waals surface area contributed by atoms with Crippen LogP contribution in [0.2, 0.25) is 0 Å². The second-order valence-corrected chi connectivity index (χ2v) is 4.86. The van der Waals surface area contributed by atoms with Crippen LogP contribution in [-0.2, 0) is 0 Å². The summed E-state index contributed by atoms with van der Waals surface area (Å²) >= 11 is 0. The van der Waals surface area contributed by atoms with Crippen molar-refractivity contribution in [2.75, 3.05) is 26.7 Å². The number of rotatable bonds is 4. The maximum absolute atomic E-state index is 13.6. The molecule has 1 heterocycles. The van der Waals surface area contributed by atoms with Crippen LogP contribution in [-0.4, -0.2) is 31.6 Å². The van der Waals surface area contributed by atoms with Gasteiger partial charge < -0.3 is 15.4 Å². The third kappa shape index (κ3) is 3.21. The molecule has 0 bridgehead atoms. The Kier molecular flexibility index (Phi) is 4.55. The zero-order chi connectivity index (χ0) is 13.0. The molecule has 3 nitrogen and oxygen atoms in total. The molecule has 0 amide bonds. The number of likely N-dealkylation sites (tertiary alicyclic amines) is 1. The fourth-order valence-corrected chi connectivity index (χ4v) is 2.44. The molecular weight excluding hydrogens is 231 g/mol. The SMILES string of the molecule is COc1ccc(C(N)CN2CCCCC2)cc1F. The molecule has 1 unspecified atom stereocenters. The van der Waals surface area contributed by atoms with E-state index in [2.05, 4.69) is 4.90 Å². The highest BCUT2D eigenvalue weighted by Gasteiger charge is 2.16. The first-order chi connectivity index (χ1) is 8.70. The van der Waals surface area contributed by atoms with Gasteiger partial charge in [-0.15, -0.1) is 0 Å². The minimum atomic E-state index is -0.343. The largest absolute Gasteiger partial charge is 0.494 e. The third-order valence-electron chi connectivity index (χ3n) is 3.51. The van der Waals surface area contributed by atoms with Crippen molar-refractivity contribution >= 4 is 0 Å². The molecule has 0 radical (unpaired) electrons. The molecule has 1 aliphatic rings. The maximum Gasteiger partial charge on any atom is 0.165 e. The first kappa shape index (κ1) is 13.3. The van der Waals surface area contributed by atoms with Crippen molar-refractivity contribution in [1.82, 2.24) is 4.90 Å². The normalized spacial score (nSPS) is 18.6. The van der Waals surface area contributed by atoms with Gasteiger partial charge in [-0.2, -0.15) is 0 Å². The van der Waals surface area contributed by atoms with E-state index in [9.17, 15) is 4.39 Å². The van der Waals surface area contributed by atoms with Crippen LogP contribution in [0.25, 0.3) is 0 Å². The van der Waals surface area contributed by atoms with Crippen LogP contribution >= 0.6 is 0 Å². The molecular formula is C14H21FN2O. The Morgan fingerprint density at radius 3 is 2.67 bits per heavy atom. The van der Waals surface area contributed by atoms with Gasteiger partial charge in [0.1, 0.15) is 0 Å². The van der Waals surface area contributed by atoms with Crippen LogP contribution in [0.15, 0.2) is 18.2 Å². The molecule has 1 saturated heterocycles. The van der Waals surface area contributed by atoms with E-state index < -0.39 is 0 Å². The predicted octanol–water partition coefficient (Wildman–Crippen LogP) is 2.32. The summed E-state index contributed by atoms with van der Waals surface area (Å²) in [6, 6.07) is 4.83. The predicted molar refractivity (Wildman–Crippen MR) is 70.2 cm³/mol. The first-order valence-corrected chi connectivity index (χ1v) is 6.52. The summed E-state index contributed by atoms with van der Waals surface area (Å²) in [6.45, 7) is 3.00. The smallest absolute Gasteiger partial charge is 0.165 e. The number of halogens is 1. The Morgan fingerprint density at radius 2 is 2.06 bits per heavy atom. The van der Waals surface area contributed by atoms with Gasteiger partial charge >= 0.3 is 0 Å². The van der Waals surface area contributed by atoms with Crippen LogP contribution in [0.3, 0.4) is 0 Å². The second-order valence-electron chi connectivity index (χ2n) is 4.86. The minimum absolute atomic E-state index is 0.136. The molecule has 1 aliphatic heterocycles. The summed E-state index contributed by atoms with van der Waals surface area (Å²) in [4.78, 5) is 2.36. The van der Waals surface area contributed by atoms with Gasteiger partial charge in [-0.25, -0.2) is 4.39 Å². The Bertz CT molecular complexity index is 391. The standard InChI is InChI=1S/C14H21FN2O/c1-18-14-6-5-11(9-12(14)15)13(16)10-17-7-3-2-4-8-17/h5-6,9,13H,2-4,7-8,10,16H2,1H3. The molecule has 0 saturated carbocycles. The number of methoxy groups -OCH3 is 1. The van der Waals surface area contributed by atoms with Crippen molar-refractivity contribution in [1.29, 1.82) is 0 Å². The molecule has 2 N–H and O–H groups in total. The summed E-state index contributed by atoms with van der Waals surface area (Å²) in [5.41, 5.74) is 6.97. The Morgan fingerprint density at radius 1 is 1.33 bits per heavy atom. The lowest BCUT2D eigenvalue weighted by atomic mass is 10.0. The van der Waals surface area contributed by atoms with Gasteiger partial charge in [-0.05, 0) is 43.6 Å². The van der Waals surface area contributed by atoms with E-state index in [4.69, 9.17) is 10.5 Å². The van der Waals surface area contributed by atoms with Crippen molar-refractivity contribution in [2.45, 2.75) is 25.3 Å². The Labute approximate surface area is 108 Å². The van der Waals surface area contributed by atoms with Gasteiger partial charge in [0.15, 0.2) is 11.6 Å². The van der Waals surface area contributed by atoms with Crippen molar-refractivity contribution in [3.8, 4) is 5.75 Å². The molecule has 1 fully saturated rings. The average Bonchev–Trinajstić information content (AvgIpc) is 2.39. The van der Waals surface area contributed by atoms with Crippen molar-refractivity contribution in [3.63, 3.8) is 0 Å². The number of hydrogen-bond acceptors (Lipinski definition) is 3. The van der Waals surface area contributed by atoms with Crippen LogP contribution < -0.4 is 10.5 Å². The number of ether oxygens (including phenoxy) is 1. The lowest BCUT2D eigenvalue weighted by molar-refractivity contribution is 0.216. The van der Waals surface area contributed by atoms with E-state index in [0.29, 0.717) is 0 Å². The summed E-state index contributed by atoms with van der Waals surface area (Å²) in [5.74, 6) is -0.0759. The molecule has 0 spiro atoms. The van der Waals surface area contributed by atoms with Gasteiger partial charge in [-0.3, -0.25) is 0 Å². The molecule has 0 aliphatic carbocycles. The highest BCUT2D eigenvalue weighted by atomic mass is 19.1. The van der Waals surface area contributed by atoms with Crippen molar-refractivity contribution in [2.24, 2.45) is 5.73 Å². The zero-order valence-corrected chi connectivity index (χ0v) is 10.9. The Balaban J connectivity index is 1.99. The molecule has 18 heavy (non-hydrogen) atoms. The van der Waals surface area contributed by atoms with E-state index in [1.165, 1.54) is 32.4 Å². The number of hydrogen-bond donors (Lipinski definition) is 1. The summed E-state index contributed by atoms with van der Waals surface area (Å²) in [7, 11) is 1.46. The van der Waals surface area contributed by atoms with E-state index in [-0.39, 0.29) is 17.6 Å². The molecule has 2 rings (SSSR count). The third-order valence-corrected chi connectivity index (χ3v) is 3.51. The van der Waals surface area contributed by atoms with Crippen LogP contribution in [0.1, 0.15) is 30.9 Å². The highest BCUT2D eigenvalue weighted by Crippen LogP contribution is 2.22. The number of nitrogens with two attached hydrogens (primary N) is 1. The quantitative estimate of drug-likeness (QED) is 0.893. The fraction of sp³-hybridized carbons (Fsp3) is 0.571. The Hall–Kier alpha value is -1.13. The molecule has 4 heteroatoms. The molecule has 0 aromatic heterocycles. The van der Waals surface area contributed by atoms with E-state index in [0.717, 1.165) is 25.2 Å². The van der Waals surface area contributed by atoms with Crippen LogP contribution in [0.4, 0.5) is 4.39 Å². The average molecular weight is 252 g/mol. The number of piperidine rings is 1. The monoisotopic (exact) mass is 252 g/mol. The number of nitrogens with zero attached hydrogens (tertiary/aromatic N) is 1. The molecule has 1 atom stereocenters. The molecule has 1 aromatic carbocycles. The van der Waals surface area contributed by atoms with Gasteiger partial charge in [-0.1, -0.05) is 12.5 Å². The second kappa shape index (κ2) is 6.16. The molecule has 100 valence electrons. The topological polar surface area (TPSA) is 38.5 Å². The summed E-state index contributed by atoms with van der Waals surface area (Å²) in [5, 5.41) is 0. The van der Waals surface area contributed by atoms with E-state index >= 15 is 0 Å². The molecule has 1 aromatic rings. The summed E-state index contributed by atoms with van der Waals surface area (Å²) in [6.07, 6.45) is 3.79. The highest BCUT2D eigenvalue weighted by molar-refractivity contribution is 5.31. The van der Waals surface area contributed by atoms with E-state index in [1.54, 1.807) is 6.07 Å². The lowest BCUT2D eigenvalue weighted by Crippen LogP contribution is -2.36. The van der Waals surface area contributed by atoms with Crippen molar-refractivity contribution in [3.05, 3.63) is 29.6 Å². The lowest BCUT2D eigenvalue weighted by Gasteiger charge is -2.29. The number of benzene rings is 1. The zero-order valence-electron chi connectivity index (χ0n) is 10.9. The van der Waals surface area contributed by atoms with E-state index in [1.807, 2.05) is 6.07 Å². The van der Waals surface area contributed by atoms with Gasteiger partial charge in [0.05, 0.1) is 7.11 Å². The fourth-order valence-electron chi connectivity index (χ4n) is 2.44. The first-order valence-electron chi connectivity index (χ1n) is 6.52. The van der Waals surface area contributed by atoms with Crippen LogP contribution in [0, 0.1) is 5.82 Å². The van der Waals surface area contributed by atoms with Gasteiger partial charge in [0.25, 0.3) is 0 Å². The van der Waals surface area contributed by atoms with Crippen LogP contribution in [0.5, 0.6) is 5.75 Å². The summed E-state index contributed by atoms with van der Waals surface area (Å²) < 4.78 is 18.5. The maximum atomic E-state index is 13.6. The minimum Gasteiger partial charge on any atom is -0.494 e. The van der Waals surface area contributed by atoms with Crippen molar-refractivity contribution < 1.29 is 9.13 Å².